The quantitative estimate of drug-likeness (QED) is 0.653. The average Bonchev–Trinajstić information content (AvgIpc) is 2.62. The molecule has 1 heterocycles. The van der Waals surface area contributed by atoms with Crippen LogP contribution in [-0.4, -0.2) is 17.4 Å². The molecule has 1 aromatic heterocycles. The van der Waals surface area contributed by atoms with Crippen LogP contribution in [0.4, 0.5) is 17.1 Å². The second-order valence-electron chi connectivity index (χ2n) is 5.99. The molecular weight excluding hydrogens is 346 g/mol. The molecule has 0 aliphatic rings. The minimum atomic E-state index is -0.0830. The van der Waals surface area contributed by atoms with Crippen LogP contribution >= 0.6 is 11.6 Å². The smallest absolute Gasteiger partial charge is 0.259 e. The lowest BCUT2D eigenvalue weighted by Crippen LogP contribution is -2.30. The van der Waals surface area contributed by atoms with Gasteiger partial charge in [0.1, 0.15) is 0 Å². The Kier molecular flexibility index (Phi) is 5.54. The lowest BCUT2D eigenvalue weighted by Gasteiger charge is -2.21. The Hall–Kier alpha value is -2.85. The molecule has 0 unspecified atom stereocenters. The molecule has 1 amide bonds. The summed E-state index contributed by atoms with van der Waals surface area (Å²) in [7, 11) is 0. The summed E-state index contributed by atoms with van der Waals surface area (Å²) in [6.07, 6.45) is 3.27. The van der Waals surface area contributed by atoms with Crippen LogP contribution in [0.2, 0.25) is 5.02 Å². The topological polar surface area (TPSA) is 45.2 Å². The van der Waals surface area contributed by atoms with Gasteiger partial charge in [-0.25, -0.2) is 0 Å². The molecular formula is C21H20ClN3O. The van der Waals surface area contributed by atoms with E-state index in [0.717, 1.165) is 22.6 Å². The molecule has 3 rings (SSSR count). The first-order chi connectivity index (χ1) is 12.6. The third-order valence-corrected chi connectivity index (χ3v) is 4.21. The van der Waals surface area contributed by atoms with Gasteiger partial charge in [0.15, 0.2) is 0 Å². The van der Waals surface area contributed by atoms with Gasteiger partial charge in [-0.05, 0) is 55.8 Å². The Bertz CT molecular complexity index is 926. The largest absolute Gasteiger partial charge is 0.354 e. The maximum Gasteiger partial charge on any atom is 0.259 e. The summed E-state index contributed by atoms with van der Waals surface area (Å²) in [6, 6.07) is 17.1. The zero-order valence-electron chi connectivity index (χ0n) is 14.7. The van der Waals surface area contributed by atoms with Gasteiger partial charge in [-0.15, -0.1) is 0 Å². The highest BCUT2D eigenvalue weighted by atomic mass is 35.5. The highest BCUT2D eigenvalue weighted by Crippen LogP contribution is 2.22. The predicted molar refractivity (Wildman–Crippen MR) is 108 cm³/mol. The number of nitrogens with zero attached hydrogens (tertiary/aromatic N) is 2. The van der Waals surface area contributed by atoms with Crippen molar-refractivity contribution in [1.29, 1.82) is 0 Å². The van der Waals surface area contributed by atoms with Crippen LogP contribution in [0.15, 0.2) is 67.0 Å². The minimum absolute atomic E-state index is 0.0830. The normalized spacial score (nSPS) is 10.4. The van der Waals surface area contributed by atoms with Gasteiger partial charge in [0.25, 0.3) is 5.91 Å². The Morgan fingerprint density at radius 3 is 2.62 bits per heavy atom. The first-order valence-electron chi connectivity index (χ1n) is 8.43. The fourth-order valence-corrected chi connectivity index (χ4v) is 2.94. The molecule has 0 fully saturated rings. The highest BCUT2D eigenvalue weighted by Gasteiger charge is 2.17. The van der Waals surface area contributed by atoms with Crippen molar-refractivity contribution in [2.75, 3.05) is 16.8 Å². The van der Waals surface area contributed by atoms with Crippen molar-refractivity contribution < 1.29 is 4.79 Å². The zero-order valence-corrected chi connectivity index (χ0v) is 15.5. The minimum Gasteiger partial charge on any atom is -0.354 e. The summed E-state index contributed by atoms with van der Waals surface area (Å²) in [5.41, 5.74) is 4.10. The molecule has 26 heavy (non-hydrogen) atoms. The number of halogens is 1. The van der Waals surface area contributed by atoms with Gasteiger partial charge in [-0.3, -0.25) is 9.78 Å². The number of hydrogen-bond acceptors (Lipinski definition) is 3. The van der Waals surface area contributed by atoms with Gasteiger partial charge < -0.3 is 10.2 Å². The number of amides is 1. The summed E-state index contributed by atoms with van der Waals surface area (Å²) < 4.78 is 0. The summed E-state index contributed by atoms with van der Waals surface area (Å²) in [5, 5.41) is 3.87. The number of hydrogen-bond donors (Lipinski definition) is 1. The molecule has 1 N–H and O–H groups in total. The number of aryl methyl sites for hydroxylation is 1. The molecule has 0 bridgehead atoms. The van der Waals surface area contributed by atoms with E-state index in [4.69, 9.17) is 11.6 Å². The van der Waals surface area contributed by atoms with E-state index in [-0.39, 0.29) is 5.91 Å². The molecule has 132 valence electrons. The van der Waals surface area contributed by atoms with Gasteiger partial charge in [-0.1, -0.05) is 29.8 Å². The lowest BCUT2D eigenvalue weighted by molar-refractivity contribution is 0.0988. The van der Waals surface area contributed by atoms with Crippen molar-refractivity contribution >= 4 is 34.6 Å². The second kappa shape index (κ2) is 8.02. The molecule has 0 aliphatic heterocycles. The van der Waals surface area contributed by atoms with Crippen molar-refractivity contribution in [2.45, 2.75) is 13.8 Å². The van der Waals surface area contributed by atoms with Gasteiger partial charge >= 0.3 is 0 Å². The second-order valence-corrected chi connectivity index (χ2v) is 6.42. The van der Waals surface area contributed by atoms with E-state index in [9.17, 15) is 4.79 Å². The number of aromatic nitrogens is 1. The van der Waals surface area contributed by atoms with Crippen LogP contribution in [0, 0.1) is 6.92 Å². The Labute approximate surface area is 158 Å². The molecule has 0 aliphatic carbocycles. The monoisotopic (exact) mass is 365 g/mol. The van der Waals surface area contributed by atoms with E-state index in [1.807, 2.05) is 62.4 Å². The van der Waals surface area contributed by atoms with E-state index >= 15 is 0 Å². The van der Waals surface area contributed by atoms with Crippen LogP contribution < -0.4 is 10.2 Å². The summed E-state index contributed by atoms with van der Waals surface area (Å²) in [4.78, 5) is 18.9. The number of carbonyl (C=O) groups is 1. The highest BCUT2D eigenvalue weighted by molar-refractivity contribution is 6.30. The standard InChI is InChI=1S/C21H20ClN3O/c1-3-25(20-9-4-6-15(2)10-20)21(26)16-11-19(14-23-13-16)24-18-8-5-7-17(22)12-18/h4-14,24H,3H2,1-2H3. The van der Waals surface area contributed by atoms with Gasteiger partial charge in [-0.2, -0.15) is 0 Å². The fraction of sp³-hybridized carbons (Fsp3) is 0.143. The predicted octanol–water partition coefficient (Wildman–Crippen LogP) is 5.45. The zero-order chi connectivity index (χ0) is 18.5. The molecule has 3 aromatic rings. The molecule has 0 radical (unpaired) electrons. The summed E-state index contributed by atoms with van der Waals surface area (Å²) in [6.45, 7) is 4.55. The number of anilines is 3. The van der Waals surface area contributed by atoms with E-state index in [2.05, 4.69) is 10.3 Å². The fourth-order valence-electron chi connectivity index (χ4n) is 2.75. The van der Waals surface area contributed by atoms with Crippen molar-refractivity contribution in [3.8, 4) is 0 Å². The SMILES string of the molecule is CCN(C(=O)c1cncc(Nc2cccc(Cl)c2)c1)c1cccc(C)c1. The van der Waals surface area contributed by atoms with Crippen LogP contribution in [-0.2, 0) is 0 Å². The van der Waals surface area contributed by atoms with E-state index in [1.54, 1.807) is 23.4 Å². The molecule has 2 aromatic carbocycles. The van der Waals surface area contributed by atoms with Crippen LogP contribution in [0.25, 0.3) is 0 Å². The van der Waals surface area contributed by atoms with Gasteiger partial charge in [0.05, 0.1) is 17.4 Å². The summed E-state index contributed by atoms with van der Waals surface area (Å²) >= 11 is 6.02. The van der Waals surface area contributed by atoms with Crippen molar-refractivity contribution in [1.82, 2.24) is 4.98 Å². The van der Waals surface area contributed by atoms with Crippen molar-refractivity contribution in [2.24, 2.45) is 0 Å². The van der Waals surface area contributed by atoms with E-state index < -0.39 is 0 Å². The van der Waals surface area contributed by atoms with Crippen molar-refractivity contribution in [3.63, 3.8) is 0 Å². The Balaban J connectivity index is 1.85. The first kappa shape index (κ1) is 18.0. The maximum atomic E-state index is 13.0. The molecule has 5 heteroatoms. The molecule has 0 saturated carbocycles. The number of carbonyl (C=O) groups excluding carboxylic acids is 1. The summed E-state index contributed by atoms with van der Waals surface area (Å²) in [5.74, 6) is -0.0830. The molecule has 0 saturated heterocycles. The van der Waals surface area contributed by atoms with E-state index in [1.165, 1.54) is 0 Å². The third kappa shape index (κ3) is 4.21. The molecule has 0 spiro atoms. The first-order valence-corrected chi connectivity index (χ1v) is 8.81. The Morgan fingerprint density at radius 2 is 1.88 bits per heavy atom. The number of benzene rings is 2. The van der Waals surface area contributed by atoms with Crippen molar-refractivity contribution in [3.05, 3.63) is 83.1 Å². The van der Waals surface area contributed by atoms with Gasteiger partial charge in [0.2, 0.25) is 0 Å². The van der Waals surface area contributed by atoms with Crippen LogP contribution in [0.1, 0.15) is 22.8 Å². The number of rotatable bonds is 5. The van der Waals surface area contributed by atoms with Crippen LogP contribution in [0.3, 0.4) is 0 Å². The molecule has 0 atom stereocenters. The number of nitrogens with one attached hydrogen (secondary N) is 1. The lowest BCUT2D eigenvalue weighted by atomic mass is 10.1. The van der Waals surface area contributed by atoms with Gasteiger partial charge in [0, 0.05) is 29.1 Å². The number of pyridine rings is 1. The Morgan fingerprint density at radius 1 is 1.08 bits per heavy atom. The van der Waals surface area contributed by atoms with E-state index in [0.29, 0.717) is 17.1 Å². The molecule has 4 nitrogen and oxygen atoms in total. The third-order valence-electron chi connectivity index (χ3n) is 3.97. The average molecular weight is 366 g/mol. The maximum absolute atomic E-state index is 13.0. The van der Waals surface area contributed by atoms with Crippen LogP contribution in [0.5, 0.6) is 0 Å².